The molecule has 1 atom stereocenters. The molecule has 0 aliphatic carbocycles. The predicted octanol–water partition coefficient (Wildman–Crippen LogP) is 4.33. The molecule has 3 heterocycles. The average Bonchev–Trinajstić information content (AvgIpc) is 3.30. The summed E-state index contributed by atoms with van der Waals surface area (Å²) in [4.78, 5) is 49.4. The van der Waals surface area contributed by atoms with E-state index < -0.39 is 17.8 Å². The lowest BCUT2D eigenvalue weighted by molar-refractivity contribution is -0.128. The second kappa shape index (κ2) is 12.8. The fourth-order valence-corrected chi connectivity index (χ4v) is 5.30. The number of halogens is 2. The average molecular weight is 596 g/mol. The van der Waals surface area contributed by atoms with Gasteiger partial charge in [-0.3, -0.25) is 14.4 Å². The molecule has 2 aliphatic heterocycles. The first-order valence-corrected chi connectivity index (χ1v) is 14.1. The van der Waals surface area contributed by atoms with Crippen molar-refractivity contribution < 1.29 is 28.2 Å². The number of hydrogen-bond donors (Lipinski definition) is 2. The molecule has 12 heteroatoms. The Labute approximate surface area is 247 Å². The number of Topliss-reactive ketones (excluding diaryl/α,β-unsaturated/α-hetero) is 1. The first-order chi connectivity index (χ1) is 20.2. The highest BCUT2D eigenvalue weighted by molar-refractivity contribution is 6.33. The zero-order chi connectivity index (χ0) is 29.8. The number of ether oxygens (including phenoxy) is 2. The number of nitrogens with zero attached hydrogens (tertiary/aromatic N) is 3. The van der Waals surface area contributed by atoms with Crippen molar-refractivity contribution in [1.29, 1.82) is 0 Å². The molecule has 1 fully saturated rings. The van der Waals surface area contributed by atoms with Gasteiger partial charge in [0, 0.05) is 49.4 Å². The van der Waals surface area contributed by atoms with Crippen LogP contribution in [0.4, 0.5) is 10.3 Å². The van der Waals surface area contributed by atoms with E-state index in [4.69, 9.17) is 21.1 Å². The second-order valence-corrected chi connectivity index (χ2v) is 10.6. The smallest absolute Gasteiger partial charge is 0.254 e. The third-order valence-corrected chi connectivity index (χ3v) is 7.61. The molecular weight excluding hydrogens is 565 g/mol. The van der Waals surface area contributed by atoms with Crippen molar-refractivity contribution >= 4 is 35.1 Å². The van der Waals surface area contributed by atoms with Crippen LogP contribution in [0.15, 0.2) is 42.6 Å². The molecule has 0 radical (unpaired) electrons. The quantitative estimate of drug-likeness (QED) is 0.355. The standard InChI is InChI=1S/C30H31ClFN5O5/c1-3-25(38)28(19-10-20(32)13-22(11-19)41-2)35-26(39)16-37-15-18-5-4-17(12-23(18)29(37)40)27-24(31)14-33-30(36-27)34-21-6-8-42-9-7-21/h4-5,10-14,21,28H,3,6-9,15-16H2,1-2H3,(H,35,39)(H,33,34,36)/t28-/m0/s1. The number of hydrogen-bond acceptors (Lipinski definition) is 8. The zero-order valence-electron chi connectivity index (χ0n) is 23.3. The largest absolute Gasteiger partial charge is 0.497 e. The Morgan fingerprint density at radius 3 is 2.74 bits per heavy atom. The van der Waals surface area contributed by atoms with Crippen LogP contribution < -0.4 is 15.4 Å². The SMILES string of the molecule is CCC(=O)[C@@H](NC(=O)CN1Cc2ccc(-c3nc(NC4CCOCC4)ncc3Cl)cc2C1=O)c1cc(F)cc(OC)c1. The predicted molar refractivity (Wildman–Crippen MR) is 154 cm³/mol. The second-order valence-electron chi connectivity index (χ2n) is 10.2. The van der Waals surface area contributed by atoms with Gasteiger partial charge in [-0.25, -0.2) is 14.4 Å². The molecule has 5 rings (SSSR count). The summed E-state index contributed by atoms with van der Waals surface area (Å²) in [5, 5.41) is 6.33. The van der Waals surface area contributed by atoms with Crippen LogP contribution in [0, 0.1) is 5.82 Å². The Morgan fingerprint density at radius 2 is 2.00 bits per heavy atom. The van der Waals surface area contributed by atoms with Crippen LogP contribution >= 0.6 is 11.6 Å². The van der Waals surface area contributed by atoms with E-state index in [1.54, 1.807) is 13.0 Å². The van der Waals surface area contributed by atoms with E-state index in [0.717, 1.165) is 18.4 Å². The number of methoxy groups -OCH3 is 1. The van der Waals surface area contributed by atoms with Crippen LogP contribution in [0.25, 0.3) is 11.3 Å². The van der Waals surface area contributed by atoms with Crippen molar-refractivity contribution in [3.63, 3.8) is 0 Å². The Morgan fingerprint density at radius 1 is 1.21 bits per heavy atom. The van der Waals surface area contributed by atoms with Gasteiger partial charge in [0.2, 0.25) is 11.9 Å². The van der Waals surface area contributed by atoms with Gasteiger partial charge < -0.3 is 25.0 Å². The normalized spacial score (nSPS) is 15.7. The van der Waals surface area contributed by atoms with Crippen LogP contribution in [0.1, 0.15) is 53.7 Å². The summed E-state index contributed by atoms with van der Waals surface area (Å²) in [6.07, 6.45) is 3.35. The Hall–Kier alpha value is -4.09. The topological polar surface area (TPSA) is 123 Å². The number of anilines is 1. The Balaban J connectivity index is 1.30. The molecule has 2 N–H and O–H groups in total. The number of carbonyl (C=O) groups is 3. The van der Waals surface area contributed by atoms with Crippen LogP contribution in [0.3, 0.4) is 0 Å². The first-order valence-electron chi connectivity index (χ1n) is 13.7. The maximum absolute atomic E-state index is 14.1. The number of benzene rings is 2. The summed E-state index contributed by atoms with van der Waals surface area (Å²) in [5.74, 6) is -1.11. The third-order valence-electron chi connectivity index (χ3n) is 7.33. The maximum Gasteiger partial charge on any atom is 0.254 e. The molecule has 0 saturated carbocycles. The number of aromatic nitrogens is 2. The summed E-state index contributed by atoms with van der Waals surface area (Å²) in [7, 11) is 1.39. The van der Waals surface area contributed by atoms with Crippen molar-refractivity contribution in [2.24, 2.45) is 0 Å². The molecule has 2 aliphatic rings. The van der Waals surface area contributed by atoms with E-state index >= 15 is 0 Å². The van der Waals surface area contributed by atoms with Crippen LogP contribution in [0.5, 0.6) is 5.75 Å². The first kappa shape index (κ1) is 29.4. The summed E-state index contributed by atoms with van der Waals surface area (Å²) in [6, 6.07) is 8.34. The molecule has 42 heavy (non-hydrogen) atoms. The Bertz CT molecular complexity index is 1510. The lowest BCUT2D eigenvalue weighted by Crippen LogP contribution is -2.41. The molecule has 3 aromatic rings. The number of carbonyl (C=O) groups excluding carboxylic acids is 3. The van der Waals surface area contributed by atoms with Gasteiger partial charge >= 0.3 is 0 Å². The van der Waals surface area contributed by atoms with Gasteiger partial charge in [0.1, 0.15) is 24.2 Å². The molecule has 220 valence electrons. The molecule has 2 amide bonds. The van der Waals surface area contributed by atoms with E-state index in [0.29, 0.717) is 41.0 Å². The zero-order valence-corrected chi connectivity index (χ0v) is 24.0. The monoisotopic (exact) mass is 595 g/mol. The molecule has 2 aromatic carbocycles. The van der Waals surface area contributed by atoms with E-state index in [1.165, 1.54) is 36.4 Å². The molecule has 0 bridgehead atoms. The number of ketones is 1. The van der Waals surface area contributed by atoms with Gasteiger partial charge in [-0.15, -0.1) is 0 Å². The van der Waals surface area contributed by atoms with Crippen molar-refractivity contribution in [1.82, 2.24) is 20.2 Å². The summed E-state index contributed by atoms with van der Waals surface area (Å²) >= 11 is 6.44. The van der Waals surface area contributed by atoms with Crippen molar-refractivity contribution in [3.8, 4) is 17.0 Å². The number of amides is 2. The summed E-state index contributed by atoms with van der Waals surface area (Å²) in [6.45, 7) is 2.94. The van der Waals surface area contributed by atoms with Gasteiger partial charge in [-0.2, -0.15) is 0 Å². The third kappa shape index (κ3) is 6.52. The minimum Gasteiger partial charge on any atom is -0.497 e. The van der Waals surface area contributed by atoms with E-state index in [2.05, 4.69) is 20.6 Å². The van der Waals surface area contributed by atoms with E-state index in [-0.39, 0.29) is 48.6 Å². The van der Waals surface area contributed by atoms with Gasteiger partial charge in [-0.05, 0) is 42.2 Å². The summed E-state index contributed by atoms with van der Waals surface area (Å²) < 4.78 is 24.7. The van der Waals surface area contributed by atoms with E-state index in [9.17, 15) is 18.8 Å². The van der Waals surface area contributed by atoms with Gasteiger partial charge in [0.25, 0.3) is 5.91 Å². The van der Waals surface area contributed by atoms with Crippen molar-refractivity contribution in [3.05, 3.63) is 70.1 Å². The lowest BCUT2D eigenvalue weighted by atomic mass is 10.0. The number of fused-ring (bicyclic) bond motifs is 1. The van der Waals surface area contributed by atoms with Crippen molar-refractivity contribution in [2.45, 2.75) is 44.8 Å². The van der Waals surface area contributed by atoms with E-state index in [1.807, 2.05) is 12.1 Å². The fraction of sp³-hybridized carbons (Fsp3) is 0.367. The minimum absolute atomic E-state index is 0.124. The van der Waals surface area contributed by atoms with Gasteiger partial charge in [0.05, 0.1) is 24.0 Å². The Kier molecular flexibility index (Phi) is 8.98. The fourth-order valence-electron chi connectivity index (χ4n) is 5.10. The molecule has 1 saturated heterocycles. The molecule has 0 spiro atoms. The molecule has 0 unspecified atom stereocenters. The van der Waals surface area contributed by atoms with Crippen molar-refractivity contribution in [2.75, 3.05) is 32.2 Å². The van der Waals surface area contributed by atoms with Crippen LogP contribution in [-0.2, 0) is 20.9 Å². The number of nitrogens with one attached hydrogen (secondary N) is 2. The molecule has 10 nitrogen and oxygen atoms in total. The van der Waals surface area contributed by atoms with Gasteiger partial charge in [-0.1, -0.05) is 30.7 Å². The van der Waals surface area contributed by atoms with Gasteiger partial charge in [0.15, 0.2) is 5.78 Å². The van der Waals surface area contributed by atoms with Crippen LogP contribution in [0.2, 0.25) is 5.02 Å². The van der Waals surface area contributed by atoms with Crippen LogP contribution in [-0.4, -0.2) is 65.4 Å². The summed E-state index contributed by atoms with van der Waals surface area (Å²) in [5.41, 5.74) is 2.58. The highest BCUT2D eigenvalue weighted by Crippen LogP contribution is 2.32. The lowest BCUT2D eigenvalue weighted by Gasteiger charge is -2.23. The minimum atomic E-state index is -1.08. The highest BCUT2D eigenvalue weighted by atomic mass is 35.5. The number of rotatable bonds is 10. The highest BCUT2D eigenvalue weighted by Gasteiger charge is 2.31. The molecule has 1 aromatic heterocycles. The maximum atomic E-state index is 14.1. The molecular formula is C30H31ClFN5O5.